The smallest absolute Gasteiger partial charge is 0.156 e. The highest BCUT2D eigenvalue weighted by Crippen LogP contribution is 2.26. The van der Waals surface area contributed by atoms with Gasteiger partial charge in [-0.15, -0.1) is 12.4 Å². The van der Waals surface area contributed by atoms with Gasteiger partial charge in [-0.2, -0.15) is 0 Å². The Morgan fingerprint density at radius 3 is 2.50 bits per heavy atom. The lowest BCUT2D eigenvalue weighted by Gasteiger charge is -2.06. The number of hydrogen-bond donors (Lipinski definition) is 1. The minimum atomic E-state index is -0.572. The van der Waals surface area contributed by atoms with Gasteiger partial charge < -0.3 is 5.72 Å². The lowest BCUT2D eigenvalue weighted by atomic mass is 10.0. The predicted molar refractivity (Wildman–Crippen MR) is 73.3 cm³/mol. The molecule has 1 nitrogen and oxygen atoms in total. The third-order valence-electron chi connectivity index (χ3n) is 1.83. The van der Waals surface area contributed by atoms with Crippen LogP contribution in [0, 0.1) is 6.92 Å². The molecule has 0 spiro atoms. The first-order valence-corrected chi connectivity index (χ1v) is 4.54. The highest BCUT2D eigenvalue weighted by atomic mass is 35.5. The van der Waals surface area contributed by atoms with E-state index in [2.05, 4.69) is 0 Å². The van der Waals surface area contributed by atoms with Crippen molar-refractivity contribution in [2.24, 2.45) is 0 Å². The van der Waals surface area contributed by atoms with Crippen molar-refractivity contribution in [2.45, 2.75) is 6.92 Å². The summed E-state index contributed by atoms with van der Waals surface area (Å²) in [6, 6.07) is -3.31. The summed E-state index contributed by atoms with van der Waals surface area (Å²) in [5.41, 5.74) is -0.587. The lowest BCUT2D eigenvalue weighted by molar-refractivity contribution is 1.46. The molecule has 2 N–H and O–H groups in total. The van der Waals surface area contributed by atoms with Gasteiger partial charge >= 0.3 is 0 Å². The van der Waals surface area contributed by atoms with Crippen molar-refractivity contribution >= 4 is 29.7 Å². The Labute approximate surface area is 119 Å². The Hall–Kier alpha value is -1.18. The van der Waals surface area contributed by atoms with Crippen molar-refractivity contribution in [1.82, 2.24) is 0 Å². The van der Waals surface area contributed by atoms with Gasteiger partial charge in [0.1, 0.15) is 0 Å². The molecule has 0 unspecified atom stereocenters. The summed E-state index contributed by atoms with van der Waals surface area (Å²) in [7, 11) is 0. The number of nitrogen functional groups attached to an aromatic ring is 1. The van der Waals surface area contributed by atoms with Crippen LogP contribution < -0.4 is 5.72 Å². The first kappa shape index (κ1) is 4.99. The molecular formula is C13H13Cl2N. The lowest BCUT2D eigenvalue weighted by Crippen LogP contribution is -1.88. The first-order valence-electron chi connectivity index (χ1n) is 8.56. The standard InChI is InChI=1S/C13H12ClN.ClH/c1-9-8-12(15)6-7-13(9)10-2-4-11(14)5-3-10;/h2-8H,15H2,1H3;1H/i2D,3D,4D,5D,6D,7D,8D;/hD2. The van der Waals surface area contributed by atoms with E-state index in [0.717, 1.165) is 0 Å². The van der Waals surface area contributed by atoms with Crippen LogP contribution >= 0.6 is 24.0 Å². The maximum atomic E-state index is 8.11. The van der Waals surface area contributed by atoms with E-state index in [1.54, 1.807) is 0 Å². The molecule has 0 amide bonds. The van der Waals surface area contributed by atoms with Gasteiger partial charge in [0.2, 0.25) is 0 Å². The maximum absolute atomic E-state index is 8.11. The zero-order chi connectivity index (χ0) is 18.5. The van der Waals surface area contributed by atoms with E-state index in [4.69, 9.17) is 24.0 Å². The maximum Gasteiger partial charge on any atom is 0.156 e. The van der Waals surface area contributed by atoms with E-state index in [1.807, 2.05) is 0 Å². The molecule has 3 heteroatoms. The molecule has 2 aromatic rings. The Morgan fingerprint density at radius 2 is 1.88 bits per heavy atom. The molecule has 0 heterocycles. The van der Waals surface area contributed by atoms with Gasteiger partial charge in [-0.05, 0) is 47.8 Å². The second kappa shape index (κ2) is 5.24. The Kier molecular flexibility index (Phi) is 1.63. The van der Waals surface area contributed by atoms with Crippen molar-refractivity contribution in [3.63, 3.8) is 0 Å². The number of hydrogen-bond acceptors (Lipinski definition) is 1. The Balaban J connectivity index is 0.00000312. The van der Waals surface area contributed by atoms with Gasteiger partial charge in [-0.1, -0.05) is 29.7 Å². The molecule has 0 saturated carbocycles. The second-order valence-corrected chi connectivity index (χ2v) is 3.29. The monoisotopic (exact) mass is 262 g/mol. The quantitative estimate of drug-likeness (QED) is 0.802. The topological polar surface area (TPSA) is 26.0 Å². The molecule has 0 saturated heterocycles. The fourth-order valence-corrected chi connectivity index (χ4v) is 1.25. The summed E-state index contributed by atoms with van der Waals surface area (Å²) in [4.78, 5) is 0. The molecule has 0 aliphatic carbocycles. The molecular weight excluding hydrogens is 241 g/mol. The van der Waals surface area contributed by atoms with Crippen LogP contribution in [-0.4, -0.2) is 0 Å². The van der Waals surface area contributed by atoms with Crippen LogP contribution in [0.15, 0.2) is 42.3 Å². The summed E-state index contributed by atoms with van der Waals surface area (Å²) >= 11 is 5.76. The average molecular weight is 263 g/mol. The third-order valence-corrected chi connectivity index (χ3v) is 2.02. The Morgan fingerprint density at radius 1 is 1.19 bits per heavy atom. The van der Waals surface area contributed by atoms with Crippen LogP contribution in [0.3, 0.4) is 0 Å². The van der Waals surface area contributed by atoms with Crippen molar-refractivity contribution in [2.75, 3.05) is 5.72 Å². The fourth-order valence-electron chi connectivity index (χ4n) is 1.16. The molecule has 2 rings (SSSR count). The van der Waals surface area contributed by atoms with E-state index in [-0.39, 0.29) is 45.9 Å². The highest BCUT2D eigenvalue weighted by molar-refractivity contribution is 6.30. The molecule has 16 heavy (non-hydrogen) atoms. The van der Waals surface area contributed by atoms with Crippen molar-refractivity contribution in [3.8, 4) is 11.1 Å². The van der Waals surface area contributed by atoms with E-state index in [1.165, 1.54) is 6.92 Å². The molecule has 84 valence electrons. The number of anilines is 1. The number of nitrogens with two attached hydrogens (primary N) is 1. The molecule has 0 aliphatic heterocycles. The predicted octanol–water partition coefficient (Wildman–Crippen LogP) is 4.32. The SMILES string of the molecule is Cl.[2H]c1c([2H])c(-c2c([2H])c([2H])c(N([2H])[2H])c([2H])c2C)c([2H])c([2H])c1Cl. The third kappa shape index (κ3) is 2.69. The van der Waals surface area contributed by atoms with Crippen LogP contribution in [-0.2, 0) is 0 Å². The summed E-state index contributed by atoms with van der Waals surface area (Å²) in [6.45, 7) is 1.41. The normalized spacial score (nSPS) is 17.2. The first-order chi connectivity index (χ1) is 11.0. The van der Waals surface area contributed by atoms with Gasteiger partial charge in [0.25, 0.3) is 0 Å². The average Bonchev–Trinajstić information content (AvgIpc) is 2.52. The van der Waals surface area contributed by atoms with Crippen LogP contribution in [0.2, 0.25) is 7.85 Å². The Bertz CT molecular complexity index is 796. The van der Waals surface area contributed by atoms with Gasteiger partial charge in [0.15, 0.2) is 2.82 Å². The largest absolute Gasteiger partial charge is 0.399 e. The van der Waals surface area contributed by atoms with Crippen LogP contribution in [0.1, 0.15) is 15.2 Å². The van der Waals surface area contributed by atoms with Crippen molar-refractivity contribution in [1.29, 1.82) is 0 Å². The summed E-state index contributed by atoms with van der Waals surface area (Å²) in [6.07, 6.45) is 0. The van der Waals surface area contributed by atoms with Crippen molar-refractivity contribution < 1.29 is 12.4 Å². The van der Waals surface area contributed by atoms with Crippen LogP contribution in [0.4, 0.5) is 5.69 Å². The summed E-state index contributed by atoms with van der Waals surface area (Å²) in [5.74, 6) is 0. The van der Waals surface area contributed by atoms with Gasteiger partial charge in [0.05, 0.1) is 9.60 Å². The zero-order valence-electron chi connectivity index (χ0n) is 17.2. The number of benzene rings is 2. The van der Waals surface area contributed by atoms with E-state index < -0.39 is 41.9 Å². The molecule has 0 bridgehead atoms. The number of halogens is 2. The van der Waals surface area contributed by atoms with E-state index in [9.17, 15) is 0 Å². The minimum Gasteiger partial charge on any atom is -0.399 e. The van der Waals surface area contributed by atoms with Crippen molar-refractivity contribution in [3.05, 3.63) is 52.9 Å². The molecule has 0 atom stereocenters. The second-order valence-electron chi connectivity index (χ2n) is 2.91. The van der Waals surface area contributed by atoms with Crippen LogP contribution in [0.5, 0.6) is 0 Å². The fraction of sp³-hybridized carbons (Fsp3) is 0.0769. The van der Waals surface area contributed by atoms with Gasteiger partial charge in [-0.3, -0.25) is 0 Å². The highest BCUT2D eigenvalue weighted by Gasteiger charge is 2.01. The van der Waals surface area contributed by atoms with E-state index in [0.29, 0.717) is 0 Å². The molecule has 2 aromatic carbocycles. The van der Waals surface area contributed by atoms with E-state index >= 15 is 0 Å². The van der Waals surface area contributed by atoms with Gasteiger partial charge in [-0.25, -0.2) is 0 Å². The summed E-state index contributed by atoms with van der Waals surface area (Å²) < 4.78 is 70.2. The molecule has 0 radical (unpaired) electrons. The van der Waals surface area contributed by atoms with Gasteiger partial charge in [0, 0.05) is 10.7 Å². The number of rotatable bonds is 2. The van der Waals surface area contributed by atoms with Crippen LogP contribution in [0.25, 0.3) is 11.1 Å². The molecule has 0 fully saturated rings. The summed E-state index contributed by atoms with van der Waals surface area (Å²) in [5, 5.41) is -0.352. The zero-order valence-corrected chi connectivity index (χ0v) is 9.81. The molecule has 0 aromatic heterocycles. The molecule has 0 aliphatic rings. The minimum absolute atomic E-state index is 0.